The van der Waals surface area contributed by atoms with Gasteiger partial charge in [-0.1, -0.05) is 11.2 Å². The fraction of sp³-hybridized carbons (Fsp3) is 0.150. The Morgan fingerprint density at radius 2 is 1.76 bits per heavy atom. The van der Waals surface area contributed by atoms with E-state index in [1.165, 1.54) is 23.9 Å². The normalized spacial score (nSPS) is 10.4. The van der Waals surface area contributed by atoms with Gasteiger partial charge in [0.1, 0.15) is 23.1 Å². The third kappa shape index (κ3) is 6.65. The van der Waals surface area contributed by atoms with Crippen LogP contribution in [-0.2, 0) is 9.59 Å². The van der Waals surface area contributed by atoms with Crippen LogP contribution >= 0.6 is 11.8 Å². The number of carbonyl (C=O) groups excluding carboxylic acids is 2. The average Bonchev–Trinajstić information content (AvgIpc) is 3.08. The zero-order chi connectivity index (χ0) is 20.6. The van der Waals surface area contributed by atoms with Crippen LogP contribution in [0.3, 0.4) is 0 Å². The van der Waals surface area contributed by atoms with Crippen LogP contribution in [0.5, 0.6) is 11.5 Å². The van der Waals surface area contributed by atoms with Crippen molar-refractivity contribution in [2.24, 2.45) is 0 Å². The molecule has 1 aromatic heterocycles. The Kier molecular flexibility index (Phi) is 6.85. The molecule has 0 fully saturated rings. The Morgan fingerprint density at radius 1 is 1.03 bits per heavy atom. The standard InChI is InChI=1S/C20H18FN3O4S/c1-13-9-18(24-28-13)23-20(26)12-29-11-19(25)22-15-5-7-16(8-6-15)27-17-4-2-3-14(21)10-17/h2-10H,11-12H2,1H3,(H,22,25)(H,23,24,26). The summed E-state index contributed by atoms with van der Waals surface area (Å²) in [6.07, 6.45) is 0. The van der Waals surface area contributed by atoms with Gasteiger partial charge < -0.3 is 19.9 Å². The molecule has 3 aromatic rings. The number of halogens is 1. The maximum Gasteiger partial charge on any atom is 0.235 e. The summed E-state index contributed by atoms with van der Waals surface area (Å²) in [5.74, 6) is 1.19. The molecule has 0 unspecified atom stereocenters. The Balaban J connectivity index is 1.40. The minimum absolute atomic E-state index is 0.111. The number of benzene rings is 2. The number of amides is 2. The molecule has 9 heteroatoms. The van der Waals surface area contributed by atoms with E-state index in [-0.39, 0.29) is 29.1 Å². The van der Waals surface area contributed by atoms with Gasteiger partial charge in [0.2, 0.25) is 11.8 Å². The average molecular weight is 415 g/mol. The van der Waals surface area contributed by atoms with Crippen LogP contribution in [0.25, 0.3) is 0 Å². The van der Waals surface area contributed by atoms with Gasteiger partial charge in [-0.15, -0.1) is 11.8 Å². The van der Waals surface area contributed by atoms with Crippen molar-refractivity contribution in [3.63, 3.8) is 0 Å². The van der Waals surface area contributed by atoms with Gasteiger partial charge in [0.15, 0.2) is 5.82 Å². The maximum atomic E-state index is 13.2. The molecule has 2 N–H and O–H groups in total. The van der Waals surface area contributed by atoms with Gasteiger partial charge in [-0.3, -0.25) is 9.59 Å². The number of hydrogen-bond acceptors (Lipinski definition) is 6. The lowest BCUT2D eigenvalue weighted by Crippen LogP contribution is -2.18. The molecule has 2 aromatic carbocycles. The van der Waals surface area contributed by atoms with E-state index >= 15 is 0 Å². The summed E-state index contributed by atoms with van der Waals surface area (Å²) in [6, 6.07) is 14.1. The molecular formula is C20H18FN3O4S. The molecule has 150 valence electrons. The SMILES string of the molecule is Cc1cc(NC(=O)CSCC(=O)Nc2ccc(Oc3cccc(F)c3)cc2)no1. The lowest BCUT2D eigenvalue weighted by atomic mass is 10.3. The van der Waals surface area contributed by atoms with Crippen molar-refractivity contribution in [3.05, 3.63) is 66.2 Å². The Labute approximate surface area is 170 Å². The van der Waals surface area contributed by atoms with Gasteiger partial charge in [0.05, 0.1) is 11.5 Å². The predicted octanol–water partition coefficient (Wildman–Crippen LogP) is 4.22. The minimum Gasteiger partial charge on any atom is -0.457 e. The van der Waals surface area contributed by atoms with Gasteiger partial charge in [-0.2, -0.15) is 0 Å². The van der Waals surface area contributed by atoms with E-state index in [9.17, 15) is 14.0 Å². The Morgan fingerprint density at radius 3 is 2.41 bits per heavy atom. The molecule has 29 heavy (non-hydrogen) atoms. The fourth-order valence-electron chi connectivity index (χ4n) is 2.31. The monoisotopic (exact) mass is 415 g/mol. The summed E-state index contributed by atoms with van der Waals surface area (Å²) in [5.41, 5.74) is 0.588. The molecule has 0 atom stereocenters. The molecule has 0 aliphatic rings. The first-order valence-electron chi connectivity index (χ1n) is 8.62. The van der Waals surface area contributed by atoms with Crippen molar-refractivity contribution in [1.29, 1.82) is 0 Å². The quantitative estimate of drug-likeness (QED) is 0.572. The summed E-state index contributed by atoms with van der Waals surface area (Å²) < 4.78 is 23.6. The predicted molar refractivity (Wildman–Crippen MR) is 109 cm³/mol. The second-order valence-corrected chi connectivity index (χ2v) is 6.98. The second kappa shape index (κ2) is 9.74. The van der Waals surface area contributed by atoms with Gasteiger partial charge >= 0.3 is 0 Å². The number of anilines is 2. The number of rotatable bonds is 8. The van der Waals surface area contributed by atoms with Crippen molar-refractivity contribution in [2.75, 3.05) is 22.1 Å². The summed E-state index contributed by atoms with van der Waals surface area (Å²) in [5, 5.41) is 8.98. The molecule has 0 saturated heterocycles. The van der Waals surface area contributed by atoms with Crippen LogP contribution in [0.15, 0.2) is 59.1 Å². The van der Waals surface area contributed by atoms with E-state index in [4.69, 9.17) is 9.26 Å². The van der Waals surface area contributed by atoms with Crippen molar-refractivity contribution in [2.45, 2.75) is 6.92 Å². The molecule has 0 aliphatic heterocycles. The molecule has 0 saturated carbocycles. The number of aryl methyl sites for hydroxylation is 1. The zero-order valence-electron chi connectivity index (χ0n) is 15.5. The molecular weight excluding hydrogens is 397 g/mol. The van der Waals surface area contributed by atoms with E-state index < -0.39 is 0 Å². The third-order valence-corrected chi connectivity index (χ3v) is 4.46. The highest BCUT2D eigenvalue weighted by Gasteiger charge is 2.09. The third-order valence-electron chi connectivity index (χ3n) is 3.53. The first-order chi connectivity index (χ1) is 14.0. The van der Waals surface area contributed by atoms with Gasteiger partial charge in [-0.25, -0.2) is 4.39 Å². The smallest absolute Gasteiger partial charge is 0.235 e. The van der Waals surface area contributed by atoms with Crippen LogP contribution < -0.4 is 15.4 Å². The summed E-state index contributed by atoms with van der Waals surface area (Å²) >= 11 is 1.18. The number of nitrogens with zero attached hydrogens (tertiary/aromatic N) is 1. The van der Waals surface area contributed by atoms with Crippen LogP contribution in [-0.4, -0.2) is 28.5 Å². The maximum absolute atomic E-state index is 13.2. The highest BCUT2D eigenvalue weighted by atomic mass is 32.2. The van der Waals surface area contributed by atoms with Gasteiger partial charge in [-0.05, 0) is 43.3 Å². The summed E-state index contributed by atoms with van der Waals surface area (Å²) in [4.78, 5) is 23.8. The van der Waals surface area contributed by atoms with E-state index in [0.717, 1.165) is 0 Å². The highest BCUT2D eigenvalue weighted by molar-refractivity contribution is 8.00. The van der Waals surface area contributed by atoms with E-state index in [1.807, 2.05) is 0 Å². The van der Waals surface area contributed by atoms with Crippen LogP contribution in [0, 0.1) is 12.7 Å². The number of ether oxygens (including phenoxy) is 1. The second-order valence-electron chi connectivity index (χ2n) is 6.00. The minimum atomic E-state index is -0.381. The van der Waals surface area contributed by atoms with Gasteiger partial charge in [0.25, 0.3) is 0 Å². The lowest BCUT2D eigenvalue weighted by molar-refractivity contribution is -0.114. The molecule has 0 radical (unpaired) electrons. The summed E-state index contributed by atoms with van der Waals surface area (Å²) in [7, 11) is 0. The lowest BCUT2D eigenvalue weighted by Gasteiger charge is -2.08. The van der Waals surface area contributed by atoms with E-state index in [2.05, 4.69) is 15.8 Å². The van der Waals surface area contributed by atoms with Crippen molar-refractivity contribution in [1.82, 2.24) is 5.16 Å². The fourth-order valence-corrected chi connectivity index (χ4v) is 2.93. The Bertz CT molecular complexity index is 991. The highest BCUT2D eigenvalue weighted by Crippen LogP contribution is 2.23. The Hall–Kier alpha value is -3.33. The molecule has 1 heterocycles. The molecule has 0 aliphatic carbocycles. The number of carbonyl (C=O) groups is 2. The van der Waals surface area contributed by atoms with Crippen molar-refractivity contribution in [3.8, 4) is 11.5 Å². The number of hydrogen-bond donors (Lipinski definition) is 2. The molecule has 2 amide bonds. The first kappa shape index (κ1) is 20.4. The largest absolute Gasteiger partial charge is 0.457 e. The topological polar surface area (TPSA) is 93.5 Å². The van der Waals surface area contributed by atoms with E-state index in [1.54, 1.807) is 49.4 Å². The van der Waals surface area contributed by atoms with Crippen LogP contribution in [0.1, 0.15) is 5.76 Å². The van der Waals surface area contributed by atoms with E-state index in [0.29, 0.717) is 28.8 Å². The number of aromatic nitrogens is 1. The molecule has 7 nitrogen and oxygen atoms in total. The molecule has 0 bridgehead atoms. The number of thioether (sulfide) groups is 1. The van der Waals surface area contributed by atoms with Crippen LogP contribution in [0.2, 0.25) is 0 Å². The van der Waals surface area contributed by atoms with Crippen molar-refractivity contribution >= 4 is 35.1 Å². The van der Waals surface area contributed by atoms with Gasteiger partial charge in [0, 0.05) is 17.8 Å². The summed E-state index contributed by atoms with van der Waals surface area (Å²) in [6.45, 7) is 1.72. The van der Waals surface area contributed by atoms with Crippen LogP contribution in [0.4, 0.5) is 15.9 Å². The molecule has 3 rings (SSSR count). The zero-order valence-corrected chi connectivity index (χ0v) is 16.3. The number of nitrogens with one attached hydrogen (secondary N) is 2. The first-order valence-corrected chi connectivity index (χ1v) is 9.78. The molecule has 0 spiro atoms. The van der Waals surface area contributed by atoms with Crippen molar-refractivity contribution < 1.29 is 23.2 Å².